The number of rotatable bonds is 7. The number of aliphatic hydroxyl groups is 1. The van der Waals surface area contributed by atoms with Gasteiger partial charge in [0, 0.05) is 51.9 Å². The number of pyridine rings is 1. The molecule has 0 radical (unpaired) electrons. The predicted octanol–water partition coefficient (Wildman–Crippen LogP) is 1.38. The van der Waals surface area contributed by atoms with E-state index in [0.29, 0.717) is 32.4 Å². The fourth-order valence-corrected chi connectivity index (χ4v) is 3.61. The van der Waals surface area contributed by atoms with Crippen LogP contribution in [0.2, 0.25) is 0 Å². The average molecular weight is 374 g/mol. The number of aliphatic carboxylic acids is 1. The standard InChI is InChI=1S/C19H26N4O4/c1-21(17(24)6-3-7-18(25)26)14-19(27)8-11-22(12-9-19)16-5-2-4-15-20-10-13-23(15)16/h2,4-5,10,13,27H,3,6-9,11-12,14H2,1H3,(H,25,26). The van der Waals surface area contributed by atoms with E-state index >= 15 is 0 Å². The van der Waals surface area contributed by atoms with E-state index in [1.165, 1.54) is 4.90 Å². The molecule has 146 valence electrons. The number of hydrogen-bond donors (Lipinski definition) is 2. The minimum Gasteiger partial charge on any atom is -0.481 e. The molecule has 2 aromatic heterocycles. The van der Waals surface area contributed by atoms with Crippen molar-refractivity contribution in [1.29, 1.82) is 0 Å². The summed E-state index contributed by atoms with van der Waals surface area (Å²) in [7, 11) is 1.67. The second-order valence-electron chi connectivity index (χ2n) is 7.25. The van der Waals surface area contributed by atoms with Crippen LogP contribution in [0.15, 0.2) is 30.6 Å². The molecule has 0 spiro atoms. The normalized spacial score (nSPS) is 16.4. The first kappa shape index (κ1) is 19.2. The smallest absolute Gasteiger partial charge is 0.303 e. The Morgan fingerprint density at radius 1 is 1.26 bits per heavy atom. The summed E-state index contributed by atoms with van der Waals surface area (Å²) in [6.07, 6.45) is 5.31. The zero-order valence-electron chi connectivity index (χ0n) is 15.5. The van der Waals surface area contributed by atoms with Gasteiger partial charge in [-0.3, -0.25) is 14.0 Å². The number of anilines is 1. The van der Waals surface area contributed by atoms with Crippen LogP contribution in [0.1, 0.15) is 32.1 Å². The number of carboxylic acids is 1. The van der Waals surface area contributed by atoms with Crippen molar-refractivity contribution in [3.05, 3.63) is 30.6 Å². The van der Waals surface area contributed by atoms with Crippen molar-refractivity contribution in [2.45, 2.75) is 37.7 Å². The van der Waals surface area contributed by atoms with Gasteiger partial charge in [-0.1, -0.05) is 6.07 Å². The molecule has 1 aliphatic rings. The lowest BCUT2D eigenvalue weighted by Gasteiger charge is -2.41. The van der Waals surface area contributed by atoms with Crippen LogP contribution in [0.5, 0.6) is 0 Å². The van der Waals surface area contributed by atoms with Crippen LogP contribution in [0.4, 0.5) is 5.82 Å². The molecule has 8 heteroatoms. The molecular weight excluding hydrogens is 348 g/mol. The highest BCUT2D eigenvalue weighted by Gasteiger charge is 2.34. The van der Waals surface area contributed by atoms with Crippen molar-refractivity contribution in [3.8, 4) is 0 Å². The Morgan fingerprint density at radius 2 is 2.00 bits per heavy atom. The number of fused-ring (bicyclic) bond motifs is 1. The number of piperidine rings is 1. The summed E-state index contributed by atoms with van der Waals surface area (Å²) in [5.41, 5.74) is -0.0312. The lowest BCUT2D eigenvalue weighted by Crippen LogP contribution is -2.51. The highest BCUT2D eigenvalue weighted by Crippen LogP contribution is 2.27. The van der Waals surface area contributed by atoms with E-state index in [1.54, 1.807) is 13.2 Å². The Kier molecular flexibility index (Phi) is 5.65. The number of carbonyl (C=O) groups excluding carboxylic acids is 1. The Morgan fingerprint density at radius 3 is 2.70 bits per heavy atom. The van der Waals surface area contributed by atoms with E-state index < -0.39 is 11.6 Å². The molecule has 3 heterocycles. The fourth-order valence-electron chi connectivity index (χ4n) is 3.61. The van der Waals surface area contributed by atoms with Crippen LogP contribution in [0.25, 0.3) is 5.65 Å². The van der Waals surface area contributed by atoms with E-state index in [0.717, 1.165) is 11.5 Å². The second-order valence-corrected chi connectivity index (χ2v) is 7.25. The Hall–Kier alpha value is -2.61. The second kappa shape index (κ2) is 7.96. The minimum absolute atomic E-state index is 0.0153. The zero-order valence-corrected chi connectivity index (χ0v) is 15.5. The van der Waals surface area contributed by atoms with Gasteiger partial charge in [-0.2, -0.15) is 0 Å². The number of likely N-dealkylation sites (N-methyl/N-ethyl adjacent to an activating group) is 1. The maximum Gasteiger partial charge on any atom is 0.303 e. The highest BCUT2D eigenvalue weighted by atomic mass is 16.4. The molecule has 1 saturated heterocycles. The third kappa shape index (κ3) is 4.57. The van der Waals surface area contributed by atoms with Crippen LogP contribution in [0, 0.1) is 0 Å². The van der Waals surface area contributed by atoms with Crippen molar-refractivity contribution in [2.75, 3.05) is 31.6 Å². The molecule has 0 unspecified atom stereocenters. The molecule has 27 heavy (non-hydrogen) atoms. The van der Waals surface area contributed by atoms with Gasteiger partial charge in [0.15, 0.2) is 0 Å². The summed E-state index contributed by atoms with van der Waals surface area (Å²) in [4.78, 5) is 30.7. The number of carboxylic acid groups (broad SMARTS) is 1. The molecule has 0 aromatic carbocycles. The Labute approximate surface area is 158 Å². The summed E-state index contributed by atoms with van der Waals surface area (Å²) in [5, 5.41) is 19.6. The Bertz CT molecular complexity index is 811. The van der Waals surface area contributed by atoms with Crippen LogP contribution in [0.3, 0.4) is 0 Å². The van der Waals surface area contributed by atoms with Gasteiger partial charge in [-0.25, -0.2) is 4.98 Å². The quantitative estimate of drug-likeness (QED) is 0.760. The lowest BCUT2D eigenvalue weighted by atomic mass is 9.90. The molecule has 8 nitrogen and oxygen atoms in total. The van der Waals surface area contributed by atoms with Crippen LogP contribution >= 0.6 is 0 Å². The van der Waals surface area contributed by atoms with Gasteiger partial charge in [0.25, 0.3) is 0 Å². The van der Waals surface area contributed by atoms with Gasteiger partial charge in [0.1, 0.15) is 11.5 Å². The van der Waals surface area contributed by atoms with Gasteiger partial charge in [-0.15, -0.1) is 0 Å². The van der Waals surface area contributed by atoms with Gasteiger partial charge in [-0.05, 0) is 31.4 Å². The largest absolute Gasteiger partial charge is 0.481 e. The molecule has 0 atom stereocenters. The summed E-state index contributed by atoms with van der Waals surface area (Å²) < 4.78 is 2.03. The van der Waals surface area contributed by atoms with Crippen molar-refractivity contribution in [2.24, 2.45) is 0 Å². The maximum absolute atomic E-state index is 12.1. The molecule has 2 aromatic rings. The molecule has 1 amide bonds. The van der Waals surface area contributed by atoms with Crippen molar-refractivity contribution in [1.82, 2.24) is 14.3 Å². The van der Waals surface area contributed by atoms with Gasteiger partial charge in [0.2, 0.25) is 5.91 Å². The van der Waals surface area contributed by atoms with Crippen molar-refractivity contribution < 1.29 is 19.8 Å². The van der Waals surface area contributed by atoms with Crippen LogP contribution in [-0.4, -0.2) is 68.7 Å². The molecular formula is C19H26N4O4. The summed E-state index contributed by atoms with van der Waals surface area (Å²) >= 11 is 0. The minimum atomic E-state index is -0.920. The number of carbonyl (C=O) groups is 2. The first-order valence-corrected chi connectivity index (χ1v) is 9.23. The van der Waals surface area contributed by atoms with E-state index in [1.807, 2.05) is 28.8 Å². The third-order valence-electron chi connectivity index (χ3n) is 5.16. The fraction of sp³-hybridized carbons (Fsp3) is 0.526. The number of hydrogen-bond acceptors (Lipinski definition) is 5. The number of nitrogens with zero attached hydrogens (tertiary/aromatic N) is 4. The molecule has 0 aliphatic carbocycles. The van der Waals surface area contributed by atoms with E-state index in [2.05, 4.69) is 9.88 Å². The summed E-state index contributed by atoms with van der Waals surface area (Å²) in [6, 6.07) is 5.97. The topological polar surface area (TPSA) is 98.4 Å². The third-order valence-corrected chi connectivity index (χ3v) is 5.16. The number of aromatic nitrogens is 2. The summed E-state index contributed by atoms with van der Waals surface area (Å²) in [6.45, 7) is 1.64. The first-order valence-electron chi connectivity index (χ1n) is 9.23. The lowest BCUT2D eigenvalue weighted by molar-refractivity contribution is -0.137. The molecule has 0 bridgehead atoms. The molecule has 0 saturated carbocycles. The molecule has 1 aliphatic heterocycles. The van der Waals surface area contributed by atoms with Crippen molar-refractivity contribution >= 4 is 23.3 Å². The first-order chi connectivity index (χ1) is 12.9. The van der Waals surface area contributed by atoms with Gasteiger partial charge >= 0.3 is 5.97 Å². The van der Waals surface area contributed by atoms with Crippen LogP contribution in [-0.2, 0) is 9.59 Å². The average Bonchev–Trinajstić information content (AvgIpc) is 3.10. The number of imidazole rings is 1. The van der Waals surface area contributed by atoms with Gasteiger partial charge < -0.3 is 20.0 Å². The van der Waals surface area contributed by atoms with Crippen LogP contribution < -0.4 is 4.90 Å². The van der Waals surface area contributed by atoms with Crippen molar-refractivity contribution in [3.63, 3.8) is 0 Å². The number of amides is 1. The van der Waals surface area contributed by atoms with Gasteiger partial charge in [0.05, 0.1) is 5.60 Å². The van der Waals surface area contributed by atoms with E-state index in [9.17, 15) is 14.7 Å². The predicted molar refractivity (Wildman–Crippen MR) is 101 cm³/mol. The molecule has 2 N–H and O–H groups in total. The SMILES string of the molecule is CN(CC1(O)CCN(c2cccc3nccn23)CC1)C(=O)CCCC(=O)O. The monoisotopic (exact) mass is 374 g/mol. The maximum atomic E-state index is 12.1. The molecule has 3 rings (SSSR count). The van der Waals surface area contributed by atoms with E-state index in [-0.39, 0.29) is 25.3 Å². The zero-order chi connectivity index (χ0) is 19.4. The highest BCUT2D eigenvalue weighted by molar-refractivity contribution is 5.76. The molecule has 1 fully saturated rings. The Balaban J connectivity index is 1.55. The summed E-state index contributed by atoms with van der Waals surface area (Å²) in [5.74, 6) is 0.0183. The van der Waals surface area contributed by atoms with E-state index in [4.69, 9.17) is 5.11 Å².